The van der Waals surface area contributed by atoms with Gasteiger partial charge in [-0.25, -0.2) is 4.79 Å². The van der Waals surface area contributed by atoms with Crippen molar-refractivity contribution in [3.05, 3.63) is 69.8 Å². The molecule has 4 rings (SSSR count). The Labute approximate surface area is 169 Å². The highest BCUT2D eigenvalue weighted by molar-refractivity contribution is 6.06. The monoisotopic (exact) mass is 407 g/mol. The number of anilines is 1. The number of rotatable bonds is 6. The summed E-state index contributed by atoms with van der Waals surface area (Å²) in [5, 5.41) is 12.6. The molecule has 0 saturated carbocycles. The minimum absolute atomic E-state index is 0.0710. The van der Waals surface area contributed by atoms with Crippen LogP contribution in [0.4, 0.5) is 5.69 Å². The number of Topliss-reactive ketones (excluding diaryl/α,β-unsaturated/α-hetero) is 1. The van der Waals surface area contributed by atoms with Gasteiger partial charge in [0.2, 0.25) is 5.43 Å². The highest BCUT2D eigenvalue weighted by atomic mass is 16.5. The van der Waals surface area contributed by atoms with Crippen molar-refractivity contribution in [1.82, 2.24) is 0 Å². The summed E-state index contributed by atoms with van der Waals surface area (Å²) >= 11 is 0. The second-order valence-corrected chi connectivity index (χ2v) is 6.64. The Morgan fingerprint density at radius 1 is 1.13 bits per heavy atom. The van der Waals surface area contributed by atoms with Crippen LogP contribution in [0.3, 0.4) is 0 Å². The van der Waals surface area contributed by atoms with Crippen molar-refractivity contribution in [2.24, 2.45) is 0 Å². The largest absolute Gasteiger partial charge is 0.495 e. The lowest BCUT2D eigenvalue weighted by Gasteiger charge is -2.11. The Bertz CT molecular complexity index is 1350. The maximum atomic E-state index is 13.2. The molecule has 2 N–H and O–H groups in total. The smallest absolute Gasteiger partial charge is 0.335 e. The lowest BCUT2D eigenvalue weighted by atomic mass is 10.0. The van der Waals surface area contributed by atoms with Crippen molar-refractivity contribution in [2.75, 3.05) is 19.0 Å². The van der Waals surface area contributed by atoms with Gasteiger partial charge in [-0.05, 0) is 37.3 Å². The molecular formula is C22H17NO7. The van der Waals surface area contributed by atoms with Gasteiger partial charge in [-0.15, -0.1) is 0 Å². The first-order valence-electron chi connectivity index (χ1n) is 9.02. The van der Waals surface area contributed by atoms with Crippen molar-refractivity contribution in [3.8, 4) is 5.75 Å². The number of aryl methyl sites for hydroxylation is 1. The minimum atomic E-state index is -1.04. The molecule has 0 aliphatic heterocycles. The first kappa shape index (κ1) is 19.3. The first-order valence-corrected chi connectivity index (χ1v) is 9.02. The van der Waals surface area contributed by atoms with Gasteiger partial charge in [-0.1, -0.05) is 0 Å². The molecule has 0 spiro atoms. The molecule has 0 fully saturated rings. The van der Waals surface area contributed by atoms with Crippen LogP contribution in [0.1, 0.15) is 26.5 Å². The van der Waals surface area contributed by atoms with Crippen LogP contribution in [0.15, 0.2) is 56.3 Å². The zero-order valence-corrected chi connectivity index (χ0v) is 16.1. The van der Waals surface area contributed by atoms with Gasteiger partial charge in [0.15, 0.2) is 5.78 Å². The number of furan rings is 1. The molecule has 2 heterocycles. The van der Waals surface area contributed by atoms with Crippen LogP contribution in [0.2, 0.25) is 0 Å². The summed E-state index contributed by atoms with van der Waals surface area (Å²) in [6.45, 7) is 1.38. The number of fused-ring (bicyclic) bond motifs is 2. The SMILES string of the molecule is COc1c2ccoc2cc2oc(C)c(C(=O)CNc3ccc(C(=O)O)cc3)c(=O)c12. The minimum Gasteiger partial charge on any atom is -0.495 e. The maximum Gasteiger partial charge on any atom is 0.335 e. The molecule has 2 aromatic heterocycles. The van der Waals surface area contributed by atoms with Crippen molar-refractivity contribution in [2.45, 2.75) is 6.92 Å². The summed E-state index contributed by atoms with van der Waals surface area (Å²) in [7, 11) is 1.43. The fourth-order valence-electron chi connectivity index (χ4n) is 3.39. The van der Waals surface area contributed by atoms with E-state index in [-0.39, 0.29) is 40.2 Å². The number of carboxylic acids is 1. The van der Waals surface area contributed by atoms with Crippen molar-refractivity contribution >= 4 is 39.4 Å². The average Bonchev–Trinajstić information content (AvgIpc) is 3.19. The molecule has 0 aliphatic carbocycles. The number of nitrogens with one attached hydrogen (secondary N) is 1. The summed E-state index contributed by atoms with van der Waals surface area (Å²) < 4.78 is 16.6. The highest BCUT2D eigenvalue weighted by Crippen LogP contribution is 2.34. The number of ketones is 1. The number of ether oxygens (including phenoxy) is 1. The molecule has 0 atom stereocenters. The van der Waals surface area contributed by atoms with Gasteiger partial charge in [-0.3, -0.25) is 9.59 Å². The van der Waals surface area contributed by atoms with Crippen LogP contribution in [0.5, 0.6) is 5.75 Å². The number of carboxylic acid groups (broad SMARTS) is 1. The quantitative estimate of drug-likeness (QED) is 0.463. The summed E-state index contributed by atoms with van der Waals surface area (Å²) in [4.78, 5) is 36.9. The lowest BCUT2D eigenvalue weighted by molar-refractivity contribution is 0.0696. The number of carbonyl (C=O) groups excluding carboxylic acids is 1. The van der Waals surface area contributed by atoms with Gasteiger partial charge in [0.05, 0.1) is 30.9 Å². The predicted molar refractivity (Wildman–Crippen MR) is 110 cm³/mol. The number of aromatic carboxylic acids is 1. The van der Waals surface area contributed by atoms with E-state index in [0.29, 0.717) is 16.7 Å². The summed E-state index contributed by atoms with van der Waals surface area (Å²) in [6, 6.07) is 9.21. The Kier molecular flexibility index (Phi) is 4.75. The molecule has 0 amide bonds. The van der Waals surface area contributed by atoms with E-state index < -0.39 is 17.2 Å². The standard InChI is InChI=1S/C22H17NO7/c1-11-18(15(24)10-23-13-5-3-12(4-6-13)22(26)27)20(25)19-17(30-11)9-16-14(7-8-29-16)21(19)28-2/h3-9,23H,10H2,1-2H3,(H,26,27). The van der Waals surface area contributed by atoms with Gasteiger partial charge < -0.3 is 24.0 Å². The average molecular weight is 407 g/mol. The van der Waals surface area contributed by atoms with E-state index in [1.165, 1.54) is 25.5 Å². The third kappa shape index (κ3) is 3.18. The lowest BCUT2D eigenvalue weighted by Crippen LogP contribution is -2.23. The Morgan fingerprint density at radius 2 is 1.87 bits per heavy atom. The van der Waals surface area contributed by atoms with Crippen LogP contribution >= 0.6 is 0 Å². The van der Waals surface area contributed by atoms with E-state index in [0.717, 1.165) is 0 Å². The predicted octanol–water partition coefficient (Wildman–Crippen LogP) is 3.85. The molecule has 4 aromatic rings. The van der Waals surface area contributed by atoms with Gasteiger partial charge in [0.25, 0.3) is 0 Å². The molecule has 0 unspecified atom stereocenters. The Balaban J connectivity index is 1.71. The molecule has 0 saturated heterocycles. The molecule has 152 valence electrons. The van der Waals surface area contributed by atoms with E-state index in [2.05, 4.69) is 5.32 Å². The zero-order valence-electron chi connectivity index (χ0n) is 16.1. The van der Waals surface area contributed by atoms with Gasteiger partial charge in [0, 0.05) is 11.8 Å². The van der Waals surface area contributed by atoms with E-state index in [4.69, 9.17) is 18.7 Å². The molecule has 8 heteroatoms. The van der Waals surface area contributed by atoms with Crippen LogP contribution in [-0.4, -0.2) is 30.5 Å². The number of hydrogen-bond donors (Lipinski definition) is 2. The van der Waals surface area contributed by atoms with Gasteiger partial charge in [0.1, 0.15) is 33.6 Å². The number of methoxy groups -OCH3 is 1. The topological polar surface area (TPSA) is 119 Å². The van der Waals surface area contributed by atoms with Crippen LogP contribution in [0.25, 0.3) is 21.9 Å². The zero-order chi connectivity index (χ0) is 21.4. The fraction of sp³-hybridized carbons (Fsp3) is 0.136. The van der Waals surface area contributed by atoms with Gasteiger partial charge in [-0.2, -0.15) is 0 Å². The maximum absolute atomic E-state index is 13.2. The second-order valence-electron chi connectivity index (χ2n) is 6.64. The molecule has 0 radical (unpaired) electrons. The third-order valence-electron chi connectivity index (χ3n) is 4.81. The molecule has 2 aromatic carbocycles. The fourth-order valence-corrected chi connectivity index (χ4v) is 3.39. The van der Waals surface area contributed by atoms with E-state index in [1.807, 2.05) is 0 Å². The Morgan fingerprint density at radius 3 is 2.53 bits per heavy atom. The second kappa shape index (κ2) is 7.40. The van der Waals surface area contributed by atoms with Crippen molar-refractivity contribution in [3.63, 3.8) is 0 Å². The number of hydrogen-bond acceptors (Lipinski definition) is 7. The van der Waals surface area contributed by atoms with E-state index >= 15 is 0 Å². The highest BCUT2D eigenvalue weighted by Gasteiger charge is 2.23. The molecule has 30 heavy (non-hydrogen) atoms. The van der Waals surface area contributed by atoms with Crippen LogP contribution < -0.4 is 15.5 Å². The summed E-state index contributed by atoms with van der Waals surface area (Å²) in [5.74, 6) is -1.02. The van der Waals surface area contributed by atoms with E-state index in [9.17, 15) is 14.4 Å². The summed E-state index contributed by atoms with van der Waals surface area (Å²) in [5.41, 5.74) is 0.905. The molecular weight excluding hydrogens is 390 g/mol. The third-order valence-corrected chi connectivity index (χ3v) is 4.81. The van der Waals surface area contributed by atoms with Crippen LogP contribution in [-0.2, 0) is 0 Å². The summed E-state index contributed by atoms with van der Waals surface area (Å²) in [6.07, 6.45) is 1.48. The van der Waals surface area contributed by atoms with Crippen molar-refractivity contribution in [1.29, 1.82) is 0 Å². The van der Waals surface area contributed by atoms with Gasteiger partial charge >= 0.3 is 5.97 Å². The molecule has 8 nitrogen and oxygen atoms in total. The van der Waals surface area contributed by atoms with E-state index in [1.54, 1.807) is 31.2 Å². The van der Waals surface area contributed by atoms with Crippen LogP contribution in [0, 0.1) is 6.92 Å². The Hall–Kier alpha value is -4.07. The number of carbonyl (C=O) groups is 2. The molecule has 0 aliphatic rings. The number of benzene rings is 2. The normalized spacial score (nSPS) is 11.0. The first-order chi connectivity index (χ1) is 14.4. The molecule has 0 bridgehead atoms. The van der Waals surface area contributed by atoms with Crippen molar-refractivity contribution < 1.29 is 28.3 Å².